The largest absolute Gasteiger partial charge is 0.372 e. The van der Waals surface area contributed by atoms with Crippen molar-refractivity contribution in [3.63, 3.8) is 0 Å². The molecule has 0 aliphatic rings. The number of aliphatic hydroxyl groups is 1. The van der Waals surface area contributed by atoms with E-state index in [0.717, 1.165) is 11.0 Å². The molecule has 31 heavy (non-hydrogen) atoms. The highest BCUT2D eigenvalue weighted by Gasteiger charge is 2.24. The summed E-state index contributed by atoms with van der Waals surface area (Å²) in [6, 6.07) is 7.20. The number of benzene rings is 1. The van der Waals surface area contributed by atoms with Crippen LogP contribution in [0.5, 0.6) is 0 Å². The maximum absolute atomic E-state index is 10.7. The number of nitrogens with one attached hydrogen (secondary N) is 1. The van der Waals surface area contributed by atoms with Gasteiger partial charge in [-0.05, 0) is 45.9 Å². The molecule has 158 valence electrons. The SMILES string of the molecule is CCNc1nc2ccc(C#C[C@@](C)(O)c3cc(C)on3)cc2n1-c1nc(C)nc(N)n1. The van der Waals surface area contributed by atoms with E-state index in [4.69, 9.17) is 10.3 Å². The second-order valence-corrected chi connectivity index (χ2v) is 7.19. The Labute approximate surface area is 178 Å². The van der Waals surface area contributed by atoms with Crippen LogP contribution in [0, 0.1) is 25.7 Å². The average Bonchev–Trinajstić information content (AvgIpc) is 3.29. The van der Waals surface area contributed by atoms with E-state index >= 15 is 0 Å². The average molecular weight is 418 g/mol. The number of aromatic nitrogens is 6. The van der Waals surface area contributed by atoms with E-state index in [1.165, 1.54) is 0 Å². The first kappa shape index (κ1) is 20.3. The Kier molecular flexibility index (Phi) is 5.04. The van der Waals surface area contributed by atoms with Crippen LogP contribution in [0.2, 0.25) is 0 Å². The first-order valence-electron chi connectivity index (χ1n) is 9.71. The zero-order valence-corrected chi connectivity index (χ0v) is 17.6. The summed E-state index contributed by atoms with van der Waals surface area (Å²) in [4.78, 5) is 17.4. The molecule has 0 saturated heterocycles. The molecule has 0 unspecified atom stereocenters. The summed E-state index contributed by atoms with van der Waals surface area (Å²) in [5.41, 5.74) is 6.89. The summed E-state index contributed by atoms with van der Waals surface area (Å²) >= 11 is 0. The lowest BCUT2D eigenvalue weighted by molar-refractivity contribution is 0.112. The Morgan fingerprint density at radius 3 is 2.68 bits per heavy atom. The maximum Gasteiger partial charge on any atom is 0.242 e. The van der Waals surface area contributed by atoms with Crippen LogP contribution in [-0.4, -0.2) is 41.3 Å². The predicted octanol–water partition coefficient (Wildman–Crippen LogP) is 2.09. The quantitative estimate of drug-likeness (QED) is 0.425. The lowest BCUT2D eigenvalue weighted by Crippen LogP contribution is -2.18. The fraction of sp³-hybridized carbons (Fsp3) is 0.286. The molecule has 0 fully saturated rings. The van der Waals surface area contributed by atoms with Crippen molar-refractivity contribution in [3.8, 4) is 17.8 Å². The van der Waals surface area contributed by atoms with Crippen molar-refractivity contribution in [2.75, 3.05) is 17.6 Å². The summed E-state index contributed by atoms with van der Waals surface area (Å²) in [5, 5.41) is 17.8. The van der Waals surface area contributed by atoms with Crippen LogP contribution < -0.4 is 11.1 Å². The van der Waals surface area contributed by atoms with Gasteiger partial charge in [0.2, 0.25) is 17.8 Å². The van der Waals surface area contributed by atoms with Gasteiger partial charge in [0.25, 0.3) is 0 Å². The van der Waals surface area contributed by atoms with Gasteiger partial charge in [0.1, 0.15) is 17.3 Å². The zero-order valence-electron chi connectivity index (χ0n) is 17.6. The molecule has 0 aliphatic heterocycles. The number of fused-ring (bicyclic) bond motifs is 1. The third kappa shape index (κ3) is 4.04. The maximum atomic E-state index is 10.7. The van der Waals surface area contributed by atoms with Crippen LogP contribution in [0.25, 0.3) is 17.0 Å². The topological polar surface area (TPSA) is 141 Å². The fourth-order valence-corrected chi connectivity index (χ4v) is 3.07. The molecule has 0 amide bonds. The van der Waals surface area contributed by atoms with Crippen LogP contribution >= 0.6 is 0 Å². The molecule has 10 nitrogen and oxygen atoms in total. The van der Waals surface area contributed by atoms with Gasteiger partial charge in [0.15, 0.2) is 5.60 Å². The summed E-state index contributed by atoms with van der Waals surface area (Å²) in [6.07, 6.45) is 0. The zero-order chi connectivity index (χ0) is 22.2. The van der Waals surface area contributed by atoms with Gasteiger partial charge in [-0.1, -0.05) is 17.0 Å². The molecule has 1 atom stereocenters. The van der Waals surface area contributed by atoms with Crippen molar-refractivity contribution in [1.82, 2.24) is 29.7 Å². The lowest BCUT2D eigenvalue weighted by Gasteiger charge is -2.11. The van der Waals surface area contributed by atoms with E-state index in [1.54, 1.807) is 31.4 Å². The molecule has 0 spiro atoms. The van der Waals surface area contributed by atoms with Crippen LogP contribution in [0.4, 0.5) is 11.9 Å². The van der Waals surface area contributed by atoms with Gasteiger partial charge < -0.3 is 20.7 Å². The van der Waals surface area contributed by atoms with Crippen molar-refractivity contribution in [1.29, 1.82) is 0 Å². The van der Waals surface area contributed by atoms with Gasteiger partial charge in [0, 0.05) is 18.2 Å². The van der Waals surface area contributed by atoms with Gasteiger partial charge in [0.05, 0.1) is 11.0 Å². The second-order valence-electron chi connectivity index (χ2n) is 7.19. The van der Waals surface area contributed by atoms with E-state index in [2.05, 4.69) is 42.3 Å². The van der Waals surface area contributed by atoms with Crippen molar-refractivity contribution < 1.29 is 9.63 Å². The fourth-order valence-electron chi connectivity index (χ4n) is 3.07. The van der Waals surface area contributed by atoms with Gasteiger partial charge >= 0.3 is 0 Å². The van der Waals surface area contributed by atoms with Gasteiger partial charge in [-0.25, -0.2) is 9.55 Å². The number of imidazole rings is 1. The molecule has 10 heteroatoms. The van der Waals surface area contributed by atoms with E-state index in [1.807, 2.05) is 25.1 Å². The number of nitrogens with zero attached hydrogens (tertiary/aromatic N) is 6. The van der Waals surface area contributed by atoms with E-state index in [0.29, 0.717) is 41.3 Å². The van der Waals surface area contributed by atoms with Gasteiger partial charge in [-0.15, -0.1) is 0 Å². The molecule has 4 rings (SSSR count). The predicted molar refractivity (Wildman–Crippen MR) is 115 cm³/mol. The standard InChI is InChI=1S/C21H22N8O2/c1-5-23-19-26-15-7-6-14(8-9-21(4,30)17-10-12(2)31-28-17)11-16(15)29(19)20-25-13(3)24-18(22)27-20/h6-7,10-11,30H,5H2,1-4H3,(H,23,26)(H2,22,24,25,27)/t21-/m1/s1. The molecule has 3 aromatic heterocycles. The highest BCUT2D eigenvalue weighted by atomic mass is 16.5. The Morgan fingerprint density at radius 2 is 2.00 bits per heavy atom. The number of aryl methyl sites for hydroxylation is 2. The first-order valence-corrected chi connectivity index (χ1v) is 9.71. The number of hydrogen-bond donors (Lipinski definition) is 3. The van der Waals surface area contributed by atoms with E-state index in [9.17, 15) is 5.11 Å². The van der Waals surface area contributed by atoms with Crippen molar-refractivity contribution in [2.24, 2.45) is 0 Å². The molecule has 0 bridgehead atoms. The van der Waals surface area contributed by atoms with Crippen molar-refractivity contribution >= 4 is 22.9 Å². The second kappa shape index (κ2) is 7.70. The molecule has 0 radical (unpaired) electrons. The summed E-state index contributed by atoms with van der Waals surface area (Å²) in [7, 11) is 0. The lowest BCUT2D eigenvalue weighted by atomic mass is 10.0. The Bertz CT molecular complexity index is 1310. The minimum absolute atomic E-state index is 0.127. The molecule has 0 aliphatic carbocycles. The summed E-state index contributed by atoms with van der Waals surface area (Å²) in [6.45, 7) is 7.71. The van der Waals surface area contributed by atoms with E-state index < -0.39 is 5.60 Å². The molecular formula is C21H22N8O2. The number of rotatable bonds is 4. The molecule has 4 N–H and O–H groups in total. The Balaban J connectivity index is 1.82. The third-order valence-corrected chi connectivity index (χ3v) is 4.52. The molecule has 4 aromatic rings. The Morgan fingerprint density at radius 1 is 1.19 bits per heavy atom. The van der Waals surface area contributed by atoms with Gasteiger partial charge in [-0.2, -0.15) is 15.0 Å². The highest BCUT2D eigenvalue weighted by molar-refractivity contribution is 5.82. The molecule has 0 saturated carbocycles. The minimum Gasteiger partial charge on any atom is -0.372 e. The first-order chi connectivity index (χ1) is 14.8. The number of nitrogen functional groups attached to an aromatic ring is 1. The smallest absolute Gasteiger partial charge is 0.242 e. The minimum atomic E-state index is -1.46. The van der Waals surface area contributed by atoms with E-state index in [-0.39, 0.29) is 5.95 Å². The number of hydrogen-bond acceptors (Lipinski definition) is 9. The van der Waals surface area contributed by atoms with Gasteiger partial charge in [-0.3, -0.25) is 0 Å². The third-order valence-electron chi connectivity index (χ3n) is 4.52. The monoisotopic (exact) mass is 418 g/mol. The van der Waals surface area contributed by atoms with Crippen molar-refractivity contribution in [2.45, 2.75) is 33.3 Å². The van der Waals surface area contributed by atoms with Crippen molar-refractivity contribution in [3.05, 3.63) is 47.1 Å². The van der Waals surface area contributed by atoms with Crippen LogP contribution in [0.3, 0.4) is 0 Å². The number of nitrogens with two attached hydrogens (primary N) is 1. The highest BCUT2D eigenvalue weighted by Crippen LogP contribution is 2.25. The Hall–Kier alpha value is -3.97. The number of anilines is 2. The summed E-state index contributed by atoms with van der Waals surface area (Å²) < 4.78 is 6.82. The molecular weight excluding hydrogens is 396 g/mol. The van der Waals surface area contributed by atoms with Crippen LogP contribution in [-0.2, 0) is 5.60 Å². The molecule has 1 aromatic carbocycles. The van der Waals surface area contributed by atoms with Crippen LogP contribution in [0.1, 0.15) is 36.7 Å². The van der Waals surface area contributed by atoms with Crippen LogP contribution in [0.15, 0.2) is 28.8 Å². The molecule has 3 heterocycles. The normalized spacial score (nSPS) is 12.9. The summed E-state index contributed by atoms with van der Waals surface area (Å²) in [5.74, 6) is 8.03.